The largest absolute Gasteiger partial charge is 0.466 e. The lowest BCUT2D eigenvalue weighted by molar-refractivity contribution is -0.140. The van der Waals surface area contributed by atoms with E-state index in [1.807, 2.05) is 13.0 Å². The summed E-state index contributed by atoms with van der Waals surface area (Å²) in [4.78, 5) is 23.6. The van der Waals surface area contributed by atoms with Crippen molar-refractivity contribution in [1.82, 2.24) is 0 Å². The van der Waals surface area contributed by atoms with Crippen molar-refractivity contribution in [2.75, 3.05) is 7.11 Å². The third-order valence-electron chi connectivity index (χ3n) is 4.80. The van der Waals surface area contributed by atoms with Crippen LogP contribution in [0.3, 0.4) is 0 Å². The Morgan fingerprint density at radius 1 is 1.52 bits per heavy atom. The number of carbonyl (C=O) groups is 2. The van der Waals surface area contributed by atoms with E-state index in [1.54, 1.807) is 0 Å². The maximum Gasteiger partial charge on any atom is 0.334 e. The first-order valence-electron chi connectivity index (χ1n) is 7.29. The van der Waals surface area contributed by atoms with Gasteiger partial charge in [0.1, 0.15) is 6.10 Å². The molecule has 0 aromatic carbocycles. The number of allylic oxidation sites excluding steroid dienone is 1. The average molecular weight is 292 g/mol. The first-order chi connectivity index (χ1) is 9.94. The Kier molecular flexibility index (Phi) is 3.40. The van der Waals surface area contributed by atoms with E-state index in [0.717, 1.165) is 6.42 Å². The van der Waals surface area contributed by atoms with Gasteiger partial charge in [-0.3, -0.25) is 0 Å². The minimum absolute atomic E-state index is 0.0862. The lowest BCUT2D eigenvalue weighted by Crippen LogP contribution is -2.26. The van der Waals surface area contributed by atoms with E-state index < -0.39 is 0 Å². The van der Waals surface area contributed by atoms with E-state index in [4.69, 9.17) is 14.2 Å². The summed E-state index contributed by atoms with van der Waals surface area (Å²) in [6.07, 6.45) is 4.43. The fourth-order valence-electron chi connectivity index (χ4n) is 3.36. The molecule has 2 fully saturated rings. The molecule has 0 amide bonds. The Labute approximate surface area is 123 Å². The fraction of sp³-hybridized carbons (Fsp3) is 0.625. The van der Waals surface area contributed by atoms with Crippen LogP contribution in [0.2, 0.25) is 0 Å². The molecule has 0 unspecified atom stereocenters. The van der Waals surface area contributed by atoms with Crippen LogP contribution in [0.1, 0.15) is 32.6 Å². The topological polar surface area (TPSA) is 65.1 Å². The highest BCUT2D eigenvalue weighted by Gasteiger charge is 2.55. The Hall–Kier alpha value is -1.62. The molecule has 5 nitrogen and oxygen atoms in total. The van der Waals surface area contributed by atoms with Crippen molar-refractivity contribution in [3.8, 4) is 0 Å². The molecule has 21 heavy (non-hydrogen) atoms. The number of fused-ring (bicyclic) bond motifs is 2. The summed E-state index contributed by atoms with van der Waals surface area (Å²) in [6.45, 7) is 5.87. The highest BCUT2D eigenvalue weighted by molar-refractivity contribution is 5.91. The molecule has 1 aliphatic carbocycles. The first kappa shape index (κ1) is 14.3. The second-order valence-corrected chi connectivity index (χ2v) is 6.19. The van der Waals surface area contributed by atoms with Crippen molar-refractivity contribution in [2.24, 2.45) is 5.92 Å². The summed E-state index contributed by atoms with van der Waals surface area (Å²) in [6, 6.07) is 0. The summed E-state index contributed by atoms with van der Waals surface area (Å²) < 4.78 is 16.0. The maximum absolute atomic E-state index is 11.8. The van der Waals surface area contributed by atoms with Crippen LogP contribution in [-0.4, -0.2) is 36.9 Å². The van der Waals surface area contributed by atoms with Crippen LogP contribution in [0.15, 0.2) is 23.8 Å². The molecule has 0 spiro atoms. The van der Waals surface area contributed by atoms with Gasteiger partial charge >= 0.3 is 11.9 Å². The normalized spacial score (nSPS) is 41.2. The van der Waals surface area contributed by atoms with Crippen molar-refractivity contribution < 1.29 is 23.8 Å². The van der Waals surface area contributed by atoms with Crippen molar-refractivity contribution in [3.63, 3.8) is 0 Å². The number of hydrogen-bond donors (Lipinski definition) is 0. The first-order valence-corrected chi connectivity index (χ1v) is 7.29. The minimum Gasteiger partial charge on any atom is -0.466 e. The van der Waals surface area contributed by atoms with Crippen LogP contribution in [0, 0.1) is 5.92 Å². The average Bonchev–Trinajstić information content (AvgIpc) is 3.02. The molecule has 0 saturated carbocycles. The van der Waals surface area contributed by atoms with Crippen LogP contribution in [0.5, 0.6) is 0 Å². The van der Waals surface area contributed by atoms with Crippen molar-refractivity contribution in [2.45, 2.75) is 50.4 Å². The molecule has 0 aromatic rings. The molecule has 0 N–H and O–H groups in total. The van der Waals surface area contributed by atoms with Crippen LogP contribution >= 0.6 is 0 Å². The van der Waals surface area contributed by atoms with E-state index in [9.17, 15) is 9.59 Å². The molecule has 0 aromatic heterocycles. The number of methoxy groups -OCH3 is 1. The monoisotopic (exact) mass is 292 g/mol. The zero-order valence-electron chi connectivity index (χ0n) is 12.4. The van der Waals surface area contributed by atoms with Gasteiger partial charge in [0.15, 0.2) is 0 Å². The SMILES string of the molecule is C=C1C(=O)O[C@H]2C[C@@]3(C)O[C@@H]3CC/C(C(=O)OC)=C\C[C@H]12. The zero-order valence-corrected chi connectivity index (χ0v) is 12.4. The lowest BCUT2D eigenvalue weighted by atomic mass is 9.84. The van der Waals surface area contributed by atoms with Gasteiger partial charge < -0.3 is 14.2 Å². The third-order valence-corrected chi connectivity index (χ3v) is 4.80. The van der Waals surface area contributed by atoms with Crippen LogP contribution in [0.25, 0.3) is 0 Å². The van der Waals surface area contributed by atoms with Crippen molar-refractivity contribution >= 4 is 11.9 Å². The number of hydrogen-bond acceptors (Lipinski definition) is 5. The molecule has 4 atom stereocenters. The molecule has 0 radical (unpaired) electrons. The quantitative estimate of drug-likeness (QED) is 0.419. The van der Waals surface area contributed by atoms with Gasteiger partial charge in [0.25, 0.3) is 0 Å². The van der Waals surface area contributed by atoms with E-state index in [1.165, 1.54) is 7.11 Å². The number of esters is 2. The van der Waals surface area contributed by atoms with Gasteiger partial charge in [-0.1, -0.05) is 12.7 Å². The minimum atomic E-state index is -0.335. The van der Waals surface area contributed by atoms with E-state index in [2.05, 4.69) is 6.58 Å². The molecular weight excluding hydrogens is 272 g/mol. The molecule has 0 bridgehead atoms. The molecule has 3 aliphatic rings. The molecule has 2 saturated heterocycles. The Bertz CT molecular complexity index is 535. The summed E-state index contributed by atoms with van der Waals surface area (Å²) in [5.74, 6) is -0.736. The number of carbonyl (C=O) groups excluding carboxylic acids is 2. The molecular formula is C16H20O5. The molecule has 2 aliphatic heterocycles. The summed E-state index contributed by atoms with van der Waals surface area (Å²) in [7, 11) is 1.38. The highest BCUT2D eigenvalue weighted by Crippen LogP contribution is 2.47. The summed E-state index contributed by atoms with van der Waals surface area (Å²) >= 11 is 0. The zero-order chi connectivity index (χ0) is 15.2. The molecule has 5 heteroatoms. The van der Waals surface area contributed by atoms with Crippen LogP contribution < -0.4 is 0 Å². The van der Waals surface area contributed by atoms with Gasteiger partial charge in [0, 0.05) is 23.5 Å². The predicted octanol–water partition coefficient (Wildman–Crippen LogP) is 1.92. The number of rotatable bonds is 1. The van der Waals surface area contributed by atoms with Gasteiger partial charge in [0.05, 0.1) is 18.8 Å². The van der Waals surface area contributed by atoms with Crippen molar-refractivity contribution in [1.29, 1.82) is 0 Å². The van der Waals surface area contributed by atoms with Crippen LogP contribution in [-0.2, 0) is 23.8 Å². The Morgan fingerprint density at radius 2 is 2.29 bits per heavy atom. The smallest absolute Gasteiger partial charge is 0.334 e. The lowest BCUT2D eigenvalue weighted by Gasteiger charge is -2.20. The van der Waals surface area contributed by atoms with Gasteiger partial charge in [-0.05, 0) is 26.2 Å². The second-order valence-electron chi connectivity index (χ2n) is 6.19. The second kappa shape index (κ2) is 4.98. The third kappa shape index (κ3) is 2.50. The fourth-order valence-corrected chi connectivity index (χ4v) is 3.36. The summed E-state index contributed by atoms with van der Waals surface area (Å²) in [5.41, 5.74) is 0.872. The molecule has 114 valence electrons. The molecule has 2 heterocycles. The number of epoxide rings is 1. The Morgan fingerprint density at radius 3 is 3.00 bits per heavy atom. The van der Waals surface area contributed by atoms with Crippen LogP contribution in [0.4, 0.5) is 0 Å². The van der Waals surface area contributed by atoms with E-state index in [-0.39, 0.29) is 35.7 Å². The predicted molar refractivity (Wildman–Crippen MR) is 74.4 cm³/mol. The summed E-state index contributed by atoms with van der Waals surface area (Å²) in [5, 5.41) is 0. The van der Waals surface area contributed by atoms with Gasteiger partial charge in [-0.25, -0.2) is 9.59 Å². The van der Waals surface area contributed by atoms with Gasteiger partial charge in [-0.2, -0.15) is 0 Å². The van der Waals surface area contributed by atoms with Gasteiger partial charge in [0.2, 0.25) is 0 Å². The molecule has 3 rings (SSSR count). The van der Waals surface area contributed by atoms with Gasteiger partial charge in [-0.15, -0.1) is 0 Å². The number of ether oxygens (including phenoxy) is 3. The Balaban J connectivity index is 1.87. The van der Waals surface area contributed by atoms with E-state index >= 15 is 0 Å². The van der Waals surface area contributed by atoms with Crippen molar-refractivity contribution in [3.05, 3.63) is 23.8 Å². The standard InChI is InChI=1S/C16H20O5/c1-9-11-6-4-10(15(18)19-3)5-7-13-16(2,21-13)8-12(11)20-14(9)17/h4,11-13H,1,5-8H2,2-3H3/b10-4+/t11-,12+,13-,16-/m1/s1. The maximum atomic E-state index is 11.8. The highest BCUT2D eigenvalue weighted by atomic mass is 16.6. The van der Waals surface area contributed by atoms with E-state index in [0.29, 0.717) is 30.4 Å².